The first kappa shape index (κ1) is 11.0. The van der Waals surface area contributed by atoms with Gasteiger partial charge in [0.15, 0.2) is 0 Å². The van der Waals surface area contributed by atoms with Crippen LogP contribution < -0.4 is 5.73 Å². The molecule has 4 heteroatoms. The molecule has 0 radical (unpaired) electrons. The predicted molar refractivity (Wildman–Crippen MR) is 57.9 cm³/mol. The topological polar surface area (TPSA) is 62.7 Å². The largest absolute Gasteiger partial charge is 0.315 e. The summed E-state index contributed by atoms with van der Waals surface area (Å²) < 4.78 is 0. The Labute approximate surface area is 88.3 Å². The van der Waals surface area contributed by atoms with Crippen molar-refractivity contribution in [2.24, 2.45) is 5.73 Å². The van der Waals surface area contributed by atoms with Crippen molar-refractivity contribution in [1.29, 1.82) is 5.26 Å². The monoisotopic (exact) mass is 207 g/mol. The van der Waals surface area contributed by atoms with Crippen molar-refractivity contribution in [3.05, 3.63) is 23.9 Å². The number of pyridine rings is 1. The second-order valence-electron chi connectivity index (χ2n) is 3.10. The fraction of sp³-hybridized carbons (Fsp3) is 0.400. The van der Waals surface area contributed by atoms with Gasteiger partial charge in [0.1, 0.15) is 6.04 Å². The minimum Gasteiger partial charge on any atom is -0.315 e. The number of aryl methyl sites for hydroxylation is 1. The van der Waals surface area contributed by atoms with Crippen LogP contribution >= 0.6 is 11.8 Å². The summed E-state index contributed by atoms with van der Waals surface area (Å²) in [5, 5.41) is 9.66. The SMILES string of the molecule is Cc1cccnc1SC(C)C(N)C#N. The molecule has 0 saturated heterocycles. The van der Waals surface area contributed by atoms with Gasteiger partial charge in [-0.05, 0) is 18.6 Å². The minimum absolute atomic E-state index is 0.0635. The van der Waals surface area contributed by atoms with Gasteiger partial charge in [0, 0.05) is 11.4 Å². The summed E-state index contributed by atoms with van der Waals surface area (Å²) in [6, 6.07) is 5.49. The van der Waals surface area contributed by atoms with Crippen molar-refractivity contribution < 1.29 is 0 Å². The highest BCUT2D eigenvalue weighted by molar-refractivity contribution is 7.99. The Morgan fingerprint density at radius 3 is 2.93 bits per heavy atom. The van der Waals surface area contributed by atoms with E-state index < -0.39 is 6.04 Å². The zero-order valence-corrected chi connectivity index (χ0v) is 9.08. The Morgan fingerprint density at radius 2 is 2.36 bits per heavy atom. The minimum atomic E-state index is -0.443. The van der Waals surface area contributed by atoms with Gasteiger partial charge >= 0.3 is 0 Å². The lowest BCUT2D eigenvalue weighted by Gasteiger charge is -2.13. The molecule has 0 saturated carbocycles. The number of rotatable bonds is 3. The molecule has 14 heavy (non-hydrogen) atoms. The normalized spacial score (nSPS) is 14.4. The lowest BCUT2D eigenvalue weighted by Crippen LogP contribution is -2.28. The lowest BCUT2D eigenvalue weighted by molar-refractivity contribution is 0.809. The summed E-state index contributed by atoms with van der Waals surface area (Å²) in [6.07, 6.45) is 1.75. The molecule has 2 N–H and O–H groups in total. The van der Waals surface area contributed by atoms with Crippen LogP contribution in [0.1, 0.15) is 12.5 Å². The molecule has 0 aliphatic carbocycles. The fourth-order valence-corrected chi connectivity index (χ4v) is 1.88. The number of aromatic nitrogens is 1. The van der Waals surface area contributed by atoms with Gasteiger partial charge in [-0.2, -0.15) is 5.26 Å². The van der Waals surface area contributed by atoms with Crippen LogP contribution in [0.25, 0.3) is 0 Å². The van der Waals surface area contributed by atoms with Crippen LogP contribution in [0.4, 0.5) is 0 Å². The molecule has 0 bridgehead atoms. The second kappa shape index (κ2) is 4.99. The first-order chi connectivity index (χ1) is 6.65. The average Bonchev–Trinajstić information content (AvgIpc) is 2.20. The van der Waals surface area contributed by atoms with E-state index in [9.17, 15) is 0 Å². The molecule has 0 aliphatic rings. The molecule has 1 heterocycles. The molecule has 0 fully saturated rings. The molecule has 1 aromatic heterocycles. The molecule has 1 aromatic rings. The Hall–Kier alpha value is -1.05. The Morgan fingerprint density at radius 1 is 1.64 bits per heavy atom. The Kier molecular flexibility index (Phi) is 3.93. The van der Waals surface area contributed by atoms with Crippen LogP contribution in [-0.2, 0) is 0 Å². The summed E-state index contributed by atoms with van der Waals surface area (Å²) >= 11 is 1.54. The molecule has 0 spiro atoms. The third-order valence-electron chi connectivity index (χ3n) is 1.91. The highest BCUT2D eigenvalue weighted by atomic mass is 32.2. The molecular formula is C10H13N3S. The smallest absolute Gasteiger partial charge is 0.105 e. The van der Waals surface area contributed by atoms with E-state index in [2.05, 4.69) is 4.98 Å². The quantitative estimate of drug-likeness (QED) is 0.767. The van der Waals surface area contributed by atoms with E-state index in [1.54, 1.807) is 18.0 Å². The Bertz CT molecular complexity index is 345. The van der Waals surface area contributed by atoms with Crippen molar-refractivity contribution in [2.45, 2.75) is 30.2 Å². The van der Waals surface area contributed by atoms with E-state index in [4.69, 9.17) is 11.0 Å². The number of hydrogen-bond acceptors (Lipinski definition) is 4. The van der Waals surface area contributed by atoms with E-state index in [1.807, 2.05) is 32.0 Å². The average molecular weight is 207 g/mol. The summed E-state index contributed by atoms with van der Waals surface area (Å²) in [7, 11) is 0. The van der Waals surface area contributed by atoms with Crippen molar-refractivity contribution in [1.82, 2.24) is 4.98 Å². The molecule has 2 unspecified atom stereocenters. The first-order valence-corrected chi connectivity index (χ1v) is 5.26. The maximum absolute atomic E-state index is 8.64. The van der Waals surface area contributed by atoms with E-state index in [-0.39, 0.29) is 5.25 Å². The maximum Gasteiger partial charge on any atom is 0.105 e. The Balaban J connectivity index is 2.70. The van der Waals surface area contributed by atoms with Gasteiger partial charge in [-0.15, -0.1) is 11.8 Å². The molecule has 0 aromatic carbocycles. The zero-order chi connectivity index (χ0) is 10.6. The number of nitrogens with two attached hydrogens (primary N) is 1. The fourth-order valence-electron chi connectivity index (χ4n) is 0.949. The van der Waals surface area contributed by atoms with Gasteiger partial charge < -0.3 is 5.73 Å². The second-order valence-corrected chi connectivity index (χ2v) is 4.47. The summed E-state index contributed by atoms with van der Waals surface area (Å²) in [5.74, 6) is 0. The van der Waals surface area contributed by atoms with Crippen LogP contribution in [-0.4, -0.2) is 16.3 Å². The molecule has 0 amide bonds. The number of nitrogens with zero attached hydrogens (tertiary/aromatic N) is 2. The van der Waals surface area contributed by atoms with Crippen molar-refractivity contribution in [3.8, 4) is 6.07 Å². The predicted octanol–water partition coefficient (Wildman–Crippen LogP) is 1.72. The van der Waals surface area contributed by atoms with Crippen molar-refractivity contribution in [2.75, 3.05) is 0 Å². The number of hydrogen-bond donors (Lipinski definition) is 1. The van der Waals surface area contributed by atoms with Gasteiger partial charge in [0.05, 0.1) is 11.1 Å². The standard InChI is InChI=1S/C10H13N3S/c1-7-4-3-5-13-10(7)14-8(2)9(12)6-11/h3-5,8-9H,12H2,1-2H3. The number of nitriles is 1. The molecule has 3 nitrogen and oxygen atoms in total. The number of thioether (sulfide) groups is 1. The van der Waals surface area contributed by atoms with Gasteiger partial charge in [0.25, 0.3) is 0 Å². The van der Waals surface area contributed by atoms with Crippen LogP contribution in [0.15, 0.2) is 23.4 Å². The van der Waals surface area contributed by atoms with Gasteiger partial charge in [-0.1, -0.05) is 13.0 Å². The van der Waals surface area contributed by atoms with Gasteiger partial charge in [-0.3, -0.25) is 0 Å². The van der Waals surface area contributed by atoms with Gasteiger partial charge in [-0.25, -0.2) is 4.98 Å². The van der Waals surface area contributed by atoms with E-state index in [1.165, 1.54) is 0 Å². The van der Waals surface area contributed by atoms with Crippen molar-refractivity contribution in [3.63, 3.8) is 0 Å². The van der Waals surface area contributed by atoms with Crippen LogP contribution in [0.2, 0.25) is 0 Å². The molecular weight excluding hydrogens is 194 g/mol. The summed E-state index contributed by atoms with van der Waals surface area (Å²) in [5.41, 5.74) is 6.72. The summed E-state index contributed by atoms with van der Waals surface area (Å²) in [6.45, 7) is 3.94. The third-order valence-corrected chi connectivity index (χ3v) is 3.23. The highest BCUT2D eigenvalue weighted by Gasteiger charge is 2.14. The van der Waals surface area contributed by atoms with Crippen LogP contribution in [0, 0.1) is 18.3 Å². The zero-order valence-electron chi connectivity index (χ0n) is 8.27. The van der Waals surface area contributed by atoms with E-state index in [0.29, 0.717) is 0 Å². The molecule has 2 atom stereocenters. The van der Waals surface area contributed by atoms with E-state index in [0.717, 1.165) is 10.6 Å². The van der Waals surface area contributed by atoms with Crippen molar-refractivity contribution >= 4 is 11.8 Å². The summed E-state index contributed by atoms with van der Waals surface area (Å²) in [4.78, 5) is 4.23. The maximum atomic E-state index is 8.64. The van der Waals surface area contributed by atoms with Crippen LogP contribution in [0.3, 0.4) is 0 Å². The van der Waals surface area contributed by atoms with Crippen LogP contribution in [0.5, 0.6) is 0 Å². The molecule has 1 rings (SSSR count). The van der Waals surface area contributed by atoms with Gasteiger partial charge in [0.2, 0.25) is 0 Å². The molecule has 74 valence electrons. The molecule has 0 aliphatic heterocycles. The third kappa shape index (κ3) is 2.72. The lowest BCUT2D eigenvalue weighted by atomic mass is 10.3. The first-order valence-electron chi connectivity index (χ1n) is 4.38. The highest BCUT2D eigenvalue weighted by Crippen LogP contribution is 2.24. The van der Waals surface area contributed by atoms with E-state index >= 15 is 0 Å².